The highest BCUT2D eigenvalue weighted by atomic mass is 19.1. The molecule has 1 aliphatic rings. The summed E-state index contributed by atoms with van der Waals surface area (Å²) < 4.78 is 26.8. The first kappa shape index (κ1) is 13.8. The molecule has 0 saturated heterocycles. The van der Waals surface area contributed by atoms with Gasteiger partial charge in [0.05, 0.1) is 11.3 Å². The predicted molar refractivity (Wildman–Crippen MR) is 69.6 cm³/mol. The van der Waals surface area contributed by atoms with Gasteiger partial charge in [0, 0.05) is 6.54 Å². The van der Waals surface area contributed by atoms with E-state index >= 15 is 0 Å². The molecule has 3 nitrogen and oxygen atoms in total. The van der Waals surface area contributed by atoms with Crippen LogP contribution in [0.4, 0.5) is 14.5 Å². The van der Waals surface area contributed by atoms with E-state index in [1.54, 1.807) is 0 Å². The first-order valence-electron chi connectivity index (χ1n) is 6.50. The summed E-state index contributed by atoms with van der Waals surface area (Å²) in [6.45, 7) is 2.67. The van der Waals surface area contributed by atoms with Crippen LogP contribution in [0.1, 0.15) is 36.5 Å². The van der Waals surface area contributed by atoms with Gasteiger partial charge in [-0.05, 0) is 36.8 Å². The molecule has 3 N–H and O–H groups in total. The molecule has 2 unspecified atom stereocenters. The third-order valence-corrected chi connectivity index (χ3v) is 3.66. The summed E-state index contributed by atoms with van der Waals surface area (Å²) in [4.78, 5) is 11.8. The van der Waals surface area contributed by atoms with Gasteiger partial charge >= 0.3 is 0 Å². The molecule has 5 heteroatoms. The first-order valence-corrected chi connectivity index (χ1v) is 6.50. The van der Waals surface area contributed by atoms with Gasteiger partial charge in [-0.25, -0.2) is 8.78 Å². The van der Waals surface area contributed by atoms with Gasteiger partial charge in [-0.3, -0.25) is 4.79 Å². The number of hydrogen-bond donors (Lipinski definition) is 2. The quantitative estimate of drug-likeness (QED) is 0.828. The number of rotatable bonds is 3. The van der Waals surface area contributed by atoms with E-state index in [-0.39, 0.29) is 11.3 Å². The zero-order valence-electron chi connectivity index (χ0n) is 10.9. The molecule has 0 aliphatic heterocycles. The fourth-order valence-electron chi connectivity index (χ4n) is 2.62. The number of nitrogens with one attached hydrogen (secondary N) is 1. The summed E-state index contributed by atoms with van der Waals surface area (Å²) in [7, 11) is 0. The fourth-order valence-corrected chi connectivity index (χ4v) is 2.62. The minimum atomic E-state index is -0.862. The lowest BCUT2D eigenvalue weighted by molar-refractivity contribution is 0.0942. The van der Waals surface area contributed by atoms with Crippen LogP contribution < -0.4 is 11.1 Å². The number of amides is 1. The van der Waals surface area contributed by atoms with Crippen molar-refractivity contribution in [3.63, 3.8) is 0 Å². The highest BCUT2D eigenvalue weighted by Gasteiger charge is 2.23. The minimum Gasteiger partial charge on any atom is -0.396 e. The smallest absolute Gasteiger partial charge is 0.254 e. The lowest BCUT2D eigenvalue weighted by Crippen LogP contribution is -2.29. The minimum absolute atomic E-state index is 0.330. The normalized spacial score (nSPS) is 22.5. The number of carbonyl (C=O) groups is 1. The Kier molecular flexibility index (Phi) is 4.02. The monoisotopic (exact) mass is 268 g/mol. The molecule has 0 radical (unpaired) electrons. The van der Waals surface area contributed by atoms with E-state index in [9.17, 15) is 13.6 Å². The molecule has 1 aliphatic carbocycles. The Morgan fingerprint density at radius 3 is 2.79 bits per heavy atom. The third-order valence-electron chi connectivity index (χ3n) is 3.66. The van der Waals surface area contributed by atoms with E-state index in [4.69, 9.17) is 5.73 Å². The van der Waals surface area contributed by atoms with Gasteiger partial charge in [-0.1, -0.05) is 13.3 Å². The van der Waals surface area contributed by atoms with E-state index in [1.807, 2.05) is 0 Å². The lowest BCUT2D eigenvalue weighted by atomic mass is 10.1. The molecule has 0 spiro atoms. The van der Waals surface area contributed by atoms with Crippen LogP contribution in [0, 0.1) is 23.5 Å². The van der Waals surface area contributed by atoms with E-state index in [2.05, 4.69) is 12.2 Å². The highest BCUT2D eigenvalue weighted by Crippen LogP contribution is 2.29. The van der Waals surface area contributed by atoms with Gasteiger partial charge in [0.25, 0.3) is 5.91 Å². The second kappa shape index (κ2) is 5.55. The Bertz CT molecular complexity index is 491. The van der Waals surface area contributed by atoms with Crippen LogP contribution in [0.15, 0.2) is 12.1 Å². The highest BCUT2D eigenvalue weighted by molar-refractivity contribution is 5.95. The van der Waals surface area contributed by atoms with Crippen molar-refractivity contribution >= 4 is 11.6 Å². The summed E-state index contributed by atoms with van der Waals surface area (Å²) in [6.07, 6.45) is 3.28. The van der Waals surface area contributed by atoms with Crippen molar-refractivity contribution in [3.05, 3.63) is 29.3 Å². The molecule has 1 amide bonds. The van der Waals surface area contributed by atoms with E-state index in [0.717, 1.165) is 31.4 Å². The molecule has 0 heterocycles. The largest absolute Gasteiger partial charge is 0.396 e. The maximum Gasteiger partial charge on any atom is 0.254 e. The number of halogens is 2. The van der Waals surface area contributed by atoms with Crippen molar-refractivity contribution in [1.29, 1.82) is 0 Å². The number of hydrogen-bond acceptors (Lipinski definition) is 2. The Morgan fingerprint density at radius 1 is 1.42 bits per heavy atom. The van der Waals surface area contributed by atoms with Gasteiger partial charge in [-0.15, -0.1) is 0 Å². The van der Waals surface area contributed by atoms with Crippen LogP contribution in [0.3, 0.4) is 0 Å². The van der Waals surface area contributed by atoms with Gasteiger partial charge in [0.1, 0.15) is 5.82 Å². The molecule has 0 bridgehead atoms. The number of carbonyl (C=O) groups excluding carboxylic acids is 1. The number of benzene rings is 1. The number of nitrogens with two attached hydrogens (primary N) is 1. The zero-order valence-corrected chi connectivity index (χ0v) is 10.9. The Morgan fingerprint density at radius 2 is 2.16 bits per heavy atom. The average molecular weight is 268 g/mol. The molecule has 104 valence electrons. The van der Waals surface area contributed by atoms with Crippen molar-refractivity contribution in [2.24, 2.45) is 11.8 Å². The second-order valence-corrected chi connectivity index (χ2v) is 5.35. The van der Waals surface area contributed by atoms with Crippen molar-refractivity contribution in [3.8, 4) is 0 Å². The van der Waals surface area contributed by atoms with E-state index in [0.29, 0.717) is 18.4 Å². The average Bonchev–Trinajstić information content (AvgIpc) is 2.76. The van der Waals surface area contributed by atoms with Crippen LogP contribution in [-0.4, -0.2) is 12.5 Å². The molecule has 2 rings (SSSR count). The fraction of sp³-hybridized carbons (Fsp3) is 0.500. The van der Waals surface area contributed by atoms with Gasteiger partial charge in [0.2, 0.25) is 0 Å². The maximum absolute atomic E-state index is 13.6. The van der Waals surface area contributed by atoms with Gasteiger partial charge in [-0.2, -0.15) is 0 Å². The number of nitrogen functional groups attached to an aromatic ring is 1. The zero-order chi connectivity index (χ0) is 14.0. The van der Waals surface area contributed by atoms with Gasteiger partial charge < -0.3 is 11.1 Å². The van der Waals surface area contributed by atoms with Crippen molar-refractivity contribution < 1.29 is 13.6 Å². The standard InChI is InChI=1S/C14H18F2N2O/c1-8-2-3-9(4-8)7-18-14(19)11-5-10(15)6-12(17)13(11)16/h5-6,8-9H,2-4,7,17H2,1H3,(H,18,19). The van der Waals surface area contributed by atoms with Crippen molar-refractivity contribution in [1.82, 2.24) is 5.32 Å². The van der Waals surface area contributed by atoms with E-state index in [1.165, 1.54) is 0 Å². The summed E-state index contributed by atoms with van der Waals surface area (Å²) in [5.74, 6) is -1.09. The summed E-state index contributed by atoms with van der Waals surface area (Å²) in [5.41, 5.74) is 4.62. The molecule has 0 aromatic heterocycles. The molecule has 1 aromatic rings. The molecular weight excluding hydrogens is 250 g/mol. The Balaban J connectivity index is 2.00. The Hall–Kier alpha value is -1.65. The summed E-state index contributed by atoms with van der Waals surface area (Å²) in [6, 6.07) is 1.74. The first-order chi connectivity index (χ1) is 8.97. The molecule has 1 aromatic carbocycles. The lowest BCUT2D eigenvalue weighted by Gasteiger charge is -2.12. The summed E-state index contributed by atoms with van der Waals surface area (Å²) in [5, 5.41) is 2.66. The third kappa shape index (κ3) is 3.22. The molecular formula is C14H18F2N2O. The topological polar surface area (TPSA) is 55.1 Å². The summed E-state index contributed by atoms with van der Waals surface area (Å²) >= 11 is 0. The van der Waals surface area contributed by atoms with Crippen molar-refractivity contribution in [2.75, 3.05) is 12.3 Å². The van der Waals surface area contributed by atoms with Crippen LogP contribution in [0.5, 0.6) is 0 Å². The number of anilines is 1. The SMILES string of the molecule is CC1CCC(CNC(=O)c2cc(F)cc(N)c2F)C1. The van der Waals surface area contributed by atoms with Crippen LogP contribution in [-0.2, 0) is 0 Å². The second-order valence-electron chi connectivity index (χ2n) is 5.35. The van der Waals surface area contributed by atoms with E-state index < -0.39 is 17.5 Å². The molecule has 1 saturated carbocycles. The van der Waals surface area contributed by atoms with Crippen LogP contribution in [0.2, 0.25) is 0 Å². The molecule has 1 fully saturated rings. The predicted octanol–water partition coefficient (Wildman–Crippen LogP) is 2.71. The van der Waals surface area contributed by atoms with Gasteiger partial charge in [0.15, 0.2) is 5.82 Å². The Labute approximate surface area is 111 Å². The van der Waals surface area contributed by atoms with Crippen LogP contribution >= 0.6 is 0 Å². The van der Waals surface area contributed by atoms with Crippen LogP contribution in [0.25, 0.3) is 0 Å². The molecule has 19 heavy (non-hydrogen) atoms. The molecule has 2 atom stereocenters. The van der Waals surface area contributed by atoms with Crippen molar-refractivity contribution in [2.45, 2.75) is 26.2 Å². The maximum atomic E-state index is 13.6.